The smallest absolute Gasteiger partial charge is 0.422 e. The van der Waals surface area contributed by atoms with Crippen molar-refractivity contribution in [3.8, 4) is 11.8 Å². The highest BCUT2D eigenvalue weighted by atomic mass is 35.5. The summed E-state index contributed by atoms with van der Waals surface area (Å²) in [7, 11) is 0. The Bertz CT molecular complexity index is 836. The molecule has 1 N–H and O–H groups in total. The van der Waals surface area contributed by atoms with Crippen LogP contribution in [0, 0.1) is 11.3 Å². The molecule has 0 saturated heterocycles. The molecular formula is C18H14ClF3N2O2S. The number of rotatable bonds is 7. The van der Waals surface area contributed by atoms with Gasteiger partial charge < -0.3 is 10.1 Å². The number of carbonyl (C=O) groups excluding carboxylic acids is 1. The second-order valence-electron chi connectivity index (χ2n) is 5.39. The molecule has 27 heavy (non-hydrogen) atoms. The number of thioether (sulfide) groups is 1. The number of halogens is 4. The zero-order valence-corrected chi connectivity index (χ0v) is 15.4. The summed E-state index contributed by atoms with van der Waals surface area (Å²) in [5, 5.41) is 11.5. The fourth-order valence-electron chi connectivity index (χ4n) is 2.01. The van der Waals surface area contributed by atoms with Gasteiger partial charge in [-0.15, -0.1) is 11.8 Å². The van der Waals surface area contributed by atoms with Crippen molar-refractivity contribution in [2.75, 3.05) is 17.7 Å². The lowest BCUT2D eigenvalue weighted by Gasteiger charge is -2.14. The molecule has 0 aliphatic heterocycles. The SMILES string of the molecule is N#Cc1ccc(CSCC(=O)Nc2cc(Cl)ccc2OCC(F)(F)F)cc1. The molecule has 0 atom stereocenters. The van der Waals surface area contributed by atoms with Crippen LogP contribution in [0.15, 0.2) is 42.5 Å². The molecular weight excluding hydrogens is 401 g/mol. The van der Waals surface area contributed by atoms with Crippen LogP contribution >= 0.6 is 23.4 Å². The Kier molecular flexibility index (Phi) is 7.39. The molecule has 9 heteroatoms. The summed E-state index contributed by atoms with van der Waals surface area (Å²) >= 11 is 7.17. The Morgan fingerprint density at radius 1 is 1.22 bits per heavy atom. The van der Waals surface area contributed by atoms with Crippen LogP contribution in [0.5, 0.6) is 5.75 Å². The first kappa shape index (κ1) is 20.9. The third-order valence-electron chi connectivity index (χ3n) is 3.19. The number of benzene rings is 2. The molecule has 0 radical (unpaired) electrons. The summed E-state index contributed by atoms with van der Waals surface area (Å²) in [5.74, 6) is 0.132. The summed E-state index contributed by atoms with van der Waals surface area (Å²) in [5.41, 5.74) is 1.58. The third-order valence-corrected chi connectivity index (χ3v) is 4.43. The van der Waals surface area contributed by atoms with Crippen molar-refractivity contribution in [3.05, 3.63) is 58.6 Å². The quantitative estimate of drug-likeness (QED) is 0.690. The molecule has 0 aliphatic rings. The Morgan fingerprint density at radius 2 is 1.93 bits per heavy atom. The molecule has 2 aromatic rings. The zero-order chi connectivity index (χ0) is 19.9. The molecule has 0 saturated carbocycles. The predicted octanol–water partition coefficient (Wildman–Crippen LogP) is 5.02. The Labute approximate surface area is 163 Å². The average molecular weight is 415 g/mol. The van der Waals surface area contributed by atoms with Gasteiger partial charge in [0.1, 0.15) is 5.75 Å². The fourth-order valence-corrected chi connectivity index (χ4v) is 2.97. The molecule has 0 spiro atoms. The highest BCUT2D eigenvalue weighted by Crippen LogP contribution is 2.30. The molecule has 0 bridgehead atoms. The van der Waals surface area contributed by atoms with E-state index in [1.807, 2.05) is 6.07 Å². The highest BCUT2D eigenvalue weighted by Gasteiger charge is 2.29. The van der Waals surface area contributed by atoms with Crippen molar-refractivity contribution < 1.29 is 22.7 Å². The molecule has 0 unspecified atom stereocenters. The molecule has 142 valence electrons. The van der Waals surface area contributed by atoms with Gasteiger partial charge in [0, 0.05) is 10.8 Å². The molecule has 2 rings (SSSR count). The van der Waals surface area contributed by atoms with Gasteiger partial charge in [0.05, 0.1) is 23.1 Å². The van der Waals surface area contributed by atoms with Gasteiger partial charge in [-0.2, -0.15) is 18.4 Å². The number of alkyl halides is 3. The Balaban J connectivity index is 1.90. The van der Waals surface area contributed by atoms with Gasteiger partial charge in [-0.1, -0.05) is 23.7 Å². The fraction of sp³-hybridized carbons (Fsp3) is 0.222. The van der Waals surface area contributed by atoms with Crippen molar-refractivity contribution in [2.24, 2.45) is 0 Å². The minimum atomic E-state index is -4.49. The second-order valence-corrected chi connectivity index (χ2v) is 6.82. The van der Waals surface area contributed by atoms with Crippen molar-refractivity contribution in [3.63, 3.8) is 0 Å². The molecule has 0 fully saturated rings. The normalized spacial score (nSPS) is 10.9. The lowest BCUT2D eigenvalue weighted by Crippen LogP contribution is -2.20. The van der Waals surface area contributed by atoms with E-state index in [-0.39, 0.29) is 22.2 Å². The maximum absolute atomic E-state index is 12.3. The number of carbonyl (C=O) groups is 1. The first-order chi connectivity index (χ1) is 12.8. The predicted molar refractivity (Wildman–Crippen MR) is 99.0 cm³/mol. The Hall–Kier alpha value is -2.37. The number of hydrogen-bond donors (Lipinski definition) is 1. The van der Waals surface area contributed by atoms with Gasteiger partial charge in [0.2, 0.25) is 5.91 Å². The van der Waals surface area contributed by atoms with Crippen LogP contribution in [0.4, 0.5) is 18.9 Å². The summed E-state index contributed by atoms with van der Waals surface area (Å²) in [6.07, 6.45) is -4.49. The van der Waals surface area contributed by atoms with Gasteiger partial charge in [-0.3, -0.25) is 4.79 Å². The zero-order valence-electron chi connectivity index (χ0n) is 13.8. The Morgan fingerprint density at radius 3 is 2.56 bits per heavy atom. The highest BCUT2D eigenvalue weighted by molar-refractivity contribution is 7.99. The lowest BCUT2D eigenvalue weighted by molar-refractivity contribution is -0.153. The topological polar surface area (TPSA) is 62.1 Å². The molecule has 1 amide bonds. The van der Waals surface area contributed by atoms with Gasteiger partial charge in [0.15, 0.2) is 6.61 Å². The summed E-state index contributed by atoms with van der Waals surface area (Å²) < 4.78 is 41.7. The number of amides is 1. The van der Waals surface area contributed by atoms with Crippen molar-refractivity contribution in [2.45, 2.75) is 11.9 Å². The van der Waals surface area contributed by atoms with E-state index in [0.29, 0.717) is 11.3 Å². The van der Waals surface area contributed by atoms with Crippen molar-refractivity contribution in [1.29, 1.82) is 5.26 Å². The number of nitriles is 1. The minimum absolute atomic E-state index is 0.0794. The van der Waals surface area contributed by atoms with Crippen LogP contribution in [-0.4, -0.2) is 24.4 Å². The van der Waals surface area contributed by atoms with Gasteiger partial charge in [-0.05, 0) is 35.9 Å². The largest absolute Gasteiger partial charge is 0.482 e. The summed E-state index contributed by atoms with van der Waals surface area (Å²) in [6, 6.07) is 13.0. The maximum atomic E-state index is 12.3. The number of anilines is 1. The minimum Gasteiger partial charge on any atom is -0.482 e. The van der Waals surface area contributed by atoms with E-state index in [4.69, 9.17) is 21.6 Å². The van der Waals surface area contributed by atoms with E-state index in [1.54, 1.807) is 24.3 Å². The van der Waals surface area contributed by atoms with Crippen molar-refractivity contribution >= 4 is 35.0 Å². The van der Waals surface area contributed by atoms with Crippen LogP contribution in [0.2, 0.25) is 5.02 Å². The number of hydrogen-bond acceptors (Lipinski definition) is 4. The second kappa shape index (κ2) is 9.53. The van der Waals surface area contributed by atoms with Crippen LogP contribution in [0.25, 0.3) is 0 Å². The number of ether oxygens (including phenoxy) is 1. The van der Waals surface area contributed by atoms with E-state index in [0.717, 1.165) is 5.56 Å². The van der Waals surface area contributed by atoms with E-state index >= 15 is 0 Å². The van der Waals surface area contributed by atoms with Crippen LogP contribution in [0.1, 0.15) is 11.1 Å². The van der Waals surface area contributed by atoms with Gasteiger partial charge in [-0.25, -0.2) is 0 Å². The standard InChI is InChI=1S/C18H14ClF3N2O2S/c19-14-5-6-16(26-11-18(20,21)22)15(7-14)24-17(25)10-27-9-13-3-1-12(8-23)2-4-13/h1-7H,9-11H2,(H,24,25). The molecule has 0 heterocycles. The number of nitrogens with one attached hydrogen (secondary N) is 1. The monoisotopic (exact) mass is 414 g/mol. The first-order valence-corrected chi connectivity index (χ1v) is 9.16. The van der Waals surface area contributed by atoms with Gasteiger partial charge in [0.25, 0.3) is 0 Å². The lowest BCUT2D eigenvalue weighted by atomic mass is 10.2. The molecule has 0 aromatic heterocycles. The van der Waals surface area contributed by atoms with E-state index in [1.165, 1.54) is 30.0 Å². The number of nitrogens with zero attached hydrogens (tertiary/aromatic N) is 1. The van der Waals surface area contributed by atoms with E-state index < -0.39 is 18.7 Å². The van der Waals surface area contributed by atoms with Crippen LogP contribution < -0.4 is 10.1 Å². The molecule has 0 aliphatic carbocycles. The van der Waals surface area contributed by atoms with E-state index in [2.05, 4.69) is 5.32 Å². The van der Waals surface area contributed by atoms with Crippen LogP contribution in [0.3, 0.4) is 0 Å². The summed E-state index contributed by atoms with van der Waals surface area (Å²) in [6.45, 7) is -1.47. The van der Waals surface area contributed by atoms with Crippen molar-refractivity contribution in [1.82, 2.24) is 0 Å². The van der Waals surface area contributed by atoms with Gasteiger partial charge >= 0.3 is 6.18 Å². The van der Waals surface area contributed by atoms with E-state index in [9.17, 15) is 18.0 Å². The third kappa shape index (κ3) is 7.41. The molecule has 4 nitrogen and oxygen atoms in total. The average Bonchev–Trinajstić information content (AvgIpc) is 2.61. The molecule has 2 aromatic carbocycles. The van der Waals surface area contributed by atoms with Crippen LogP contribution in [-0.2, 0) is 10.5 Å². The summed E-state index contributed by atoms with van der Waals surface area (Å²) in [4.78, 5) is 12.1. The first-order valence-electron chi connectivity index (χ1n) is 7.62. The maximum Gasteiger partial charge on any atom is 0.422 e.